The van der Waals surface area contributed by atoms with Crippen molar-refractivity contribution in [3.05, 3.63) is 54.6 Å². The van der Waals surface area contributed by atoms with Gasteiger partial charge in [0.15, 0.2) is 0 Å². The summed E-state index contributed by atoms with van der Waals surface area (Å²) >= 11 is 1.29. The Kier molecular flexibility index (Phi) is 5.30. The number of carbonyl (C=O) groups is 1. The highest BCUT2D eigenvalue weighted by Gasteiger charge is 2.19. The quantitative estimate of drug-likeness (QED) is 0.685. The molecule has 0 bridgehead atoms. The van der Waals surface area contributed by atoms with Gasteiger partial charge in [-0.1, -0.05) is 36.0 Å². The highest BCUT2D eigenvalue weighted by Crippen LogP contribution is 2.24. The number of rotatable bonds is 6. The molecule has 0 saturated carbocycles. The third kappa shape index (κ3) is 4.16. The molecule has 0 aliphatic rings. The molecule has 8 heteroatoms. The molecule has 0 unspecified atom stereocenters. The fraction of sp³-hybridized carbons (Fsp3) is 0.176. The molecule has 1 N–H and O–H groups in total. The van der Waals surface area contributed by atoms with Crippen molar-refractivity contribution in [3.63, 3.8) is 0 Å². The number of tetrazole rings is 1. The van der Waals surface area contributed by atoms with E-state index in [1.165, 1.54) is 11.8 Å². The van der Waals surface area contributed by atoms with Gasteiger partial charge in [-0.3, -0.25) is 4.79 Å². The van der Waals surface area contributed by atoms with Crippen molar-refractivity contribution in [2.45, 2.75) is 17.3 Å². The van der Waals surface area contributed by atoms with E-state index in [1.54, 1.807) is 17.9 Å². The van der Waals surface area contributed by atoms with Crippen LogP contribution in [0, 0.1) is 0 Å². The van der Waals surface area contributed by atoms with Gasteiger partial charge in [0, 0.05) is 11.8 Å². The van der Waals surface area contributed by atoms with Crippen LogP contribution in [-0.4, -0.2) is 38.5 Å². The molecule has 3 rings (SSSR count). The summed E-state index contributed by atoms with van der Waals surface area (Å²) in [5, 5.41) is 14.8. The maximum atomic E-state index is 12.4. The standard InChI is InChI=1S/C17H17N5O2S/c1-12(16(23)18-13-7-6-10-15(11-13)24-2)25-17-19-20-21-22(17)14-8-4-3-5-9-14/h3-12H,1-2H3,(H,18,23)/t12-/m0/s1. The number of anilines is 1. The third-order valence-corrected chi connectivity index (χ3v) is 4.46. The van der Waals surface area contributed by atoms with Gasteiger partial charge >= 0.3 is 0 Å². The predicted octanol–water partition coefficient (Wildman–Crippen LogP) is 2.79. The molecule has 1 atom stereocenters. The minimum Gasteiger partial charge on any atom is -0.497 e. The first-order chi connectivity index (χ1) is 12.2. The van der Waals surface area contributed by atoms with Crippen molar-refractivity contribution in [1.29, 1.82) is 0 Å². The largest absolute Gasteiger partial charge is 0.497 e. The van der Waals surface area contributed by atoms with Gasteiger partial charge in [-0.15, -0.1) is 5.10 Å². The molecule has 0 saturated heterocycles. The highest BCUT2D eigenvalue weighted by molar-refractivity contribution is 8.00. The van der Waals surface area contributed by atoms with Crippen LogP contribution in [-0.2, 0) is 4.79 Å². The molecular formula is C17H17N5O2S. The fourth-order valence-corrected chi connectivity index (χ4v) is 2.95. The monoisotopic (exact) mass is 355 g/mol. The van der Waals surface area contributed by atoms with Crippen LogP contribution in [0.15, 0.2) is 59.8 Å². The molecule has 0 aliphatic carbocycles. The zero-order chi connectivity index (χ0) is 17.6. The van der Waals surface area contributed by atoms with Crippen LogP contribution in [0.25, 0.3) is 5.69 Å². The van der Waals surface area contributed by atoms with Crippen LogP contribution in [0.2, 0.25) is 0 Å². The maximum absolute atomic E-state index is 12.4. The molecule has 7 nitrogen and oxygen atoms in total. The summed E-state index contributed by atoms with van der Waals surface area (Å²) in [7, 11) is 1.59. The number of benzene rings is 2. The molecule has 1 amide bonds. The molecule has 2 aromatic carbocycles. The molecular weight excluding hydrogens is 338 g/mol. The first kappa shape index (κ1) is 17.0. The third-order valence-electron chi connectivity index (χ3n) is 3.43. The highest BCUT2D eigenvalue weighted by atomic mass is 32.2. The summed E-state index contributed by atoms with van der Waals surface area (Å²) in [5.74, 6) is 0.548. The van der Waals surface area contributed by atoms with Crippen LogP contribution in [0.1, 0.15) is 6.92 Å². The summed E-state index contributed by atoms with van der Waals surface area (Å²) in [5.41, 5.74) is 1.52. The lowest BCUT2D eigenvalue weighted by molar-refractivity contribution is -0.115. The van der Waals surface area contributed by atoms with Crippen molar-refractivity contribution >= 4 is 23.4 Å². The van der Waals surface area contributed by atoms with Crippen LogP contribution in [0.4, 0.5) is 5.69 Å². The number of para-hydroxylation sites is 1. The number of carbonyl (C=O) groups excluding carboxylic acids is 1. The van der Waals surface area contributed by atoms with Crippen LogP contribution >= 0.6 is 11.8 Å². The SMILES string of the molecule is COc1cccc(NC(=O)[C@H](C)Sc2nnnn2-c2ccccc2)c1. The lowest BCUT2D eigenvalue weighted by Gasteiger charge is -2.12. The number of aromatic nitrogens is 4. The molecule has 3 aromatic rings. The Balaban J connectivity index is 1.69. The summed E-state index contributed by atoms with van der Waals surface area (Å²) in [6.07, 6.45) is 0. The number of methoxy groups -OCH3 is 1. The zero-order valence-corrected chi connectivity index (χ0v) is 14.6. The van der Waals surface area contributed by atoms with E-state index >= 15 is 0 Å². The van der Waals surface area contributed by atoms with E-state index in [2.05, 4.69) is 20.8 Å². The normalized spacial score (nSPS) is 11.8. The van der Waals surface area contributed by atoms with Crippen molar-refractivity contribution in [2.24, 2.45) is 0 Å². The second-order valence-electron chi connectivity index (χ2n) is 5.19. The summed E-state index contributed by atoms with van der Waals surface area (Å²) in [6.45, 7) is 1.81. The lowest BCUT2D eigenvalue weighted by atomic mass is 10.3. The lowest BCUT2D eigenvalue weighted by Crippen LogP contribution is -2.22. The summed E-state index contributed by atoms with van der Waals surface area (Å²) in [6, 6.07) is 16.8. The fourth-order valence-electron chi connectivity index (χ4n) is 2.14. The Morgan fingerprint density at radius 1 is 1.20 bits per heavy atom. The second-order valence-corrected chi connectivity index (χ2v) is 6.50. The van der Waals surface area contributed by atoms with E-state index in [4.69, 9.17) is 4.74 Å². The maximum Gasteiger partial charge on any atom is 0.237 e. The minimum atomic E-state index is -0.375. The first-order valence-corrected chi connectivity index (χ1v) is 8.50. The van der Waals surface area contributed by atoms with Crippen molar-refractivity contribution in [3.8, 4) is 11.4 Å². The molecule has 0 spiro atoms. The number of hydrogen-bond donors (Lipinski definition) is 1. The summed E-state index contributed by atoms with van der Waals surface area (Å²) in [4.78, 5) is 12.4. The van der Waals surface area contributed by atoms with Gasteiger partial charge in [-0.25, -0.2) is 0 Å². The molecule has 0 fully saturated rings. The smallest absolute Gasteiger partial charge is 0.237 e. The number of ether oxygens (including phenoxy) is 1. The zero-order valence-electron chi connectivity index (χ0n) is 13.8. The van der Waals surface area contributed by atoms with Gasteiger partial charge < -0.3 is 10.1 Å². The Labute approximate surface area is 149 Å². The second kappa shape index (κ2) is 7.80. The molecule has 1 aromatic heterocycles. The average Bonchev–Trinajstić information content (AvgIpc) is 3.10. The van der Waals surface area contributed by atoms with Gasteiger partial charge in [-0.05, 0) is 41.6 Å². The number of hydrogen-bond acceptors (Lipinski definition) is 6. The van der Waals surface area contributed by atoms with E-state index < -0.39 is 0 Å². The molecule has 0 aliphatic heterocycles. The van der Waals surface area contributed by atoms with Crippen molar-refractivity contribution in [2.75, 3.05) is 12.4 Å². The van der Waals surface area contributed by atoms with Gasteiger partial charge in [0.05, 0.1) is 18.0 Å². The first-order valence-electron chi connectivity index (χ1n) is 7.63. The Morgan fingerprint density at radius 2 is 2.00 bits per heavy atom. The van der Waals surface area contributed by atoms with Crippen LogP contribution < -0.4 is 10.1 Å². The minimum absolute atomic E-state index is 0.138. The molecule has 0 radical (unpaired) electrons. The van der Waals surface area contributed by atoms with Gasteiger partial charge in [0.1, 0.15) is 5.75 Å². The van der Waals surface area contributed by atoms with E-state index in [-0.39, 0.29) is 11.2 Å². The van der Waals surface area contributed by atoms with Crippen molar-refractivity contribution < 1.29 is 9.53 Å². The van der Waals surface area contributed by atoms with E-state index in [9.17, 15) is 4.79 Å². The Bertz CT molecular complexity index is 853. The number of nitrogens with zero attached hydrogens (tertiary/aromatic N) is 4. The van der Waals surface area contributed by atoms with Gasteiger partial charge in [0.2, 0.25) is 11.1 Å². The summed E-state index contributed by atoms with van der Waals surface area (Å²) < 4.78 is 6.77. The number of thioether (sulfide) groups is 1. The van der Waals surface area contributed by atoms with Gasteiger partial charge in [0.25, 0.3) is 0 Å². The Hall–Kier alpha value is -2.87. The van der Waals surface area contributed by atoms with Gasteiger partial charge in [-0.2, -0.15) is 4.68 Å². The topological polar surface area (TPSA) is 81.9 Å². The molecule has 25 heavy (non-hydrogen) atoms. The Morgan fingerprint density at radius 3 is 2.76 bits per heavy atom. The van der Waals surface area contributed by atoms with E-state index in [0.29, 0.717) is 16.6 Å². The van der Waals surface area contributed by atoms with Crippen molar-refractivity contribution in [1.82, 2.24) is 20.2 Å². The van der Waals surface area contributed by atoms with E-state index in [1.807, 2.05) is 55.5 Å². The average molecular weight is 355 g/mol. The predicted molar refractivity (Wildman–Crippen MR) is 96.1 cm³/mol. The molecule has 128 valence electrons. The number of amides is 1. The van der Waals surface area contributed by atoms with E-state index in [0.717, 1.165) is 5.69 Å². The van der Waals surface area contributed by atoms with Crippen LogP contribution in [0.5, 0.6) is 5.75 Å². The van der Waals surface area contributed by atoms with Crippen LogP contribution in [0.3, 0.4) is 0 Å². The molecule has 1 heterocycles. The number of nitrogens with one attached hydrogen (secondary N) is 1.